The second kappa shape index (κ2) is 9.50. The van der Waals surface area contributed by atoms with Gasteiger partial charge in [-0.2, -0.15) is 0 Å². The van der Waals surface area contributed by atoms with Gasteiger partial charge in [-0.05, 0) is 48.9 Å². The van der Waals surface area contributed by atoms with Crippen LogP contribution in [0.5, 0.6) is 0 Å². The highest BCUT2D eigenvalue weighted by Crippen LogP contribution is 2.27. The predicted octanol–water partition coefficient (Wildman–Crippen LogP) is 4.73. The van der Waals surface area contributed by atoms with Crippen molar-refractivity contribution in [3.8, 4) is 0 Å². The number of benzene rings is 2. The average molecular weight is 469 g/mol. The summed E-state index contributed by atoms with van der Waals surface area (Å²) in [6.45, 7) is 2.08. The van der Waals surface area contributed by atoms with Crippen LogP contribution in [0.1, 0.15) is 35.1 Å². The van der Waals surface area contributed by atoms with Crippen LogP contribution in [0.2, 0.25) is 5.02 Å². The first kappa shape index (κ1) is 22.1. The van der Waals surface area contributed by atoms with E-state index in [4.69, 9.17) is 11.6 Å². The number of hydrogen-bond donors (Lipinski definition) is 2. The van der Waals surface area contributed by atoms with Gasteiger partial charge in [0.25, 0.3) is 15.9 Å². The Bertz CT molecular complexity index is 1150. The minimum atomic E-state index is -4.01. The van der Waals surface area contributed by atoms with Gasteiger partial charge in [-0.15, -0.1) is 10.2 Å². The van der Waals surface area contributed by atoms with Gasteiger partial charge in [0, 0.05) is 12.0 Å². The summed E-state index contributed by atoms with van der Waals surface area (Å²) in [5.74, 6) is -1.03. The highest BCUT2D eigenvalue weighted by atomic mass is 35.5. The van der Waals surface area contributed by atoms with E-state index >= 15 is 0 Å². The highest BCUT2D eigenvalue weighted by molar-refractivity contribution is 7.92. The minimum absolute atomic E-state index is 0.0227. The summed E-state index contributed by atoms with van der Waals surface area (Å²) < 4.78 is 40.4. The lowest BCUT2D eigenvalue weighted by Crippen LogP contribution is -2.15. The van der Waals surface area contributed by atoms with Gasteiger partial charge in [0.2, 0.25) is 5.13 Å². The molecule has 0 saturated carbocycles. The lowest BCUT2D eigenvalue weighted by Gasteiger charge is -2.11. The number of nitrogens with zero attached hydrogens (tertiary/aromatic N) is 2. The molecule has 1 aromatic heterocycles. The molecule has 2 N–H and O–H groups in total. The molecule has 0 aliphatic rings. The van der Waals surface area contributed by atoms with Crippen LogP contribution in [0.15, 0.2) is 47.4 Å². The summed E-state index contributed by atoms with van der Waals surface area (Å²) in [6.07, 6.45) is 2.81. The second-order valence-corrected chi connectivity index (χ2v) is 9.46. The normalized spacial score (nSPS) is 11.3. The van der Waals surface area contributed by atoms with Crippen LogP contribution in [-0.4, -0.2) is 24.5 Å². The maximum atomic E-state index is 13.1. The number of hydrogen-bond acceptors (Lipinski definition) is 6. The van der Waals surface area contributed by atoms with Gasteiger partial charge in [0.1, 0.15) is 10.8 Å². The van der Waals surface area contributed by atoms with E-state index in [-0.39, 0.29) is 21.2 Å². The van der Waals surface area contributed by atoms with Crippen molar-refractivity contribution in [3.05, 3.63) is 63.9 Å². The molecule has 158 valence electrons. The van der Waals surface area contributed by atoms with Crippen molar-refractivity contribution >= 4 is 49.7 Å². The molecule has 0 bridgehead atoms. The number of anilines is 2. The summed E-state index contributed by atoms with van der Waals surface area (Å²) >= 11 is 7.38. The molecular formula is C19H18ClFN4O3S2. The van der Waals surface area contributed by atoms with Crippen LogP contribution in [0.4, 0.5) is 15.2 Å². The molecule has 11 heteroatoms. The molecule has 1 heterocycles. The van der Waals surface area contributed by atoms with Crippen molar-refractivity contribution in [2.45, 2.75) is 31.1 Å². The van der Waals surface area contributed by atoms with Gasteiger partial charge >= 0.3 is 0 Å². The maximum Gasteiger partial charge on any atom is 0.261 e. The van der Waals surface area contributed by atoms with Gasteiger partial charge in [-0.1, -0.05) is 36.3 Å². The number of carbonyl (C=O) groups excluding carboxylic acids is 1. The Balaban J connectivity index is 1.76. The Labute approximate surface area is 182 Å². The summed E-state index contributed by atoms with van der Waals surface area (Å²) in [5, 5.41) is 11.9. The molecule has 0 fully saturated rings. The topological polar surface area (TPSA) is 101 Å². The quantitative estimate of drug-likeness (QED) is 0.497. The number of carbonyl (C=O) groups is 1. The fraction of sp³-hybridized carbons (Fsp3) is 0.211. The Hall–Kier alpha value is -2.56. The minimum Gasteiger partial charge on any atom is -0.296 e. The van der Waals surface area contributed by atoms with Crippen LogP contribution in [-0.2, 0) is 16.4 Å². The van der Waals surface area contributed by atoms with E-state index in [9.17, 15) is 17.6 Å². The molecule has 3 rings (SSSR count). The molecule has 0 saturated heterocycles. The largest absolute Gasteiger partial charge is 0.296 e. The number of unbranched alkanes of at least 4 members (excludes halogenated alkanes) is 1. The van der Waals surface area contributed by atoms with E-state index in [0.29, 0.717) is 5.13 Å². The van der Waals surface area contributed by atoms with Crippen LogP contribution in [0.3, 0.4) is 0 Å². The highest BCUT2D eigenvalue weighted by Gasteiger charge is 2.18. The molecular weight excluding hydrogens is 451 g/mol. The van der Waals surface area contributed by atoms with E-state index < -0.39 is 21.7 Å². The number of amides is 1. The van der Waals surface area contributed by atoms with E-state index in [1.165, 1.54) is 29.5 Å². The van der Waals surface area contributed by atoms with E-state index in [1.807, 2.05) is 0 Å². The molecule has 2 aromatic carbocycles. The molecule has 7 nitrogen and oxygen atoms in total. The van der Waals surface area contributed by atoms with Gasteiger partial charge in [0.15, 0.2) is 0 Å². The third kappa shape index (κ3) is 5.53. The molecule has 1 amide bonds. The second-order valence-electron chi connectivity index (χ2n) is 6.31. The number of halogens is 2. The number of rotatable bonds is 8. The summed E-state index contributed by atoms with van der Waals surface area (Å²) in [4.78, 5) is 12.4. The maximum absolute atomic E-state index is 13.1. The third-order valence-corrected chi connectivity index (χ3v) is 6.64. The zero-order valence-corrected chi connectivity index (χ0v) is 18.2. The molecule has 0 unspecified atom stereocenters. The van der Waals surface area contributed by atoms with E-state index in [2.05, 4.69) is 27.2 Å². The van der Waals surface area contributed by atoms with Gasteiger partial charge < -0.3 is 0 Å². The van der Waals surface area contributed by atoms with Crippen LogP contribution in [0.25, 0.3) is 0 Å². The Kier molecular flexibility index (Phi) is 7.01. The van der Waals surface area contributed by atoms with Gasteiger partial charge in [-0.3, -0.25) is 14.8 Å². The first-order valence-electron chi connectivity index (χ1n) is 9.00. The number of aromatic nitrogens is 2. The summed E-state index contributed by atoms with van der Waals surface area (Å²) in [6, 6.07) is 8.53. The molecule has 0 aliphatic heterocycles. The standard InChI is InChI=1S/C19H18ClFN4O3S2/c1-2-3-4-17-23-24-19(29-17)22-18(26)12-5-10-15(20)16(11-12)25-30(27,28)14-8-6-13(21)7-9-14/h5-11,25H,2-4H2,1H3,(H,22,24,26). The smallest absolute Gasteiger partial charge is 0.261 e. The van der Waals surface area contributed by atoms with Crippen LogP contribution >= 0.6 is 22.9 Å². The zero-order valence-electron chi connectivity index (χ0n) is 15.9. The van der Waals surface area contributed by atoms with Crippen molar-refractivity contribution < 1.29 is 17.6 Å². The summed E-state index contributed by atoms with van der Waals surface area (Å²) in [7, 11) is -4.01. The number of aryl methyl sites for hydroxylation is 1. The third-order valence-electron chi connectivity index (χ3n) is 4.03. The molecule has 0 radical (unpaired) electrons. The zero-order chi connectivity index (χ0) is 21.7. The lowest BCUT2D eigenvalue weighted by atomic mass is 10.2. The first-order valence-corrected chi connectivity index (χ1v) is 11.7. The Morgan fingerprint density at radius 3 is 2.60 bits per heavy atom. The van der Waals surface area contributed by atoms with Crippen LogP contribution < -0.4 is 10.0 Å². The Morgan fingerprint density at radius 2 is 1.90 bits per heavy atom. The van der Waals surface area contributed by atoms with Crippen LogP contribution in [0, 0.1) is 5.82 Å². The molecule has 30 heavy (non-hydrogen) atoms. The van der Waals surface area contributed by atoms with Crippen molar-refractivity contribution in [2.75, 3.05) is 10.0 Å². The van der Waals surface area contributed by atoms with Crippen molar-refractivity contribution in [2.24, 2.45) is 0 Å². The number of nitrogens with one attached hydrogen (secondary N) is 2. The monoisotopic (exact) mass is 468 g/mol. The number of sulfonamides is 1. The lowest BCUT2D eigenvalue weighted by molar-refractivity contribution is 0.102. The SMILES string of the molecule is CCCCc1nnc(NC(=O)c2ccc(Cl)c(NS(=O)(=O)c3ccc(F)cc3)c2)s1. The van der Waals surface area contributed by atoms with Crippen molar-refractivity contribution in [3.63, 3.8) is 0 Å². The fourth-order valence-corrected chi connectivity index (χ4v) is 4.53. The van der Waals surface area contributed by atoms with E-state index in [1.54, 1.807) is 0 Å². The predicted molar refractivity (Wildman–Crippen MR) is 115 cm³/mol. The molecule has 0 atom stereocenters. The fourth-order valence-electron chi connectivity index (χ4n) is 2.46. The van der Waals surface area contributed by atoms with Gasteiger partial charge in [-0.25, -0.2) is 12.8 Å². The molecule has 0 spiro atoms. The summed E-state index contributed by atoms with van der Waals surface area (Å²) in [5.41, 5.74) is 0.205. The van der Waals surface area contributed by atoms with E-state index in [0.717, 1.165) is 48.5 Å². The van der Waals surface area contributed by atoms with Gasteiger partial charge in [0.05, 0.1) is 15.6 Å². The Morgan fingerprint density at radius 1 is 1.17 bits per heavy atom. The van der Waals surface area contributed by atoms with Crippen molar-refractivity contribution in [1.82, 2.24) is 10.2 Å². The molecule has 0 aliphatic carbocycles. The molecule has 3 aromatic rings. The average Bonchev–Trinajstić information content (AvgIpc) is 3.15. The van der Waals surface area contributed by atoms with Crippen molar-refractivity contribution in [1.29, 1.82) is 0 Å². The first-order chi connectivity index (χ1) is 14.3.